The zero-order valence-corrected chi connectivity index (χ0v) is 20.4. The van der Waals surface area contributed by atoms with E-state index in [0.717, 1.165) is 6.21 Å². The zero-order valence-electron chi connectivity index (χ0n) is 20.4. The molecule has 12 nitrogen and oxygen atoms in total. The number of aliphatic hydroxyl groups excluding tert-OH is 2. The van der Waals surface area contributed by atoms with Crippen LogP contribution in [0.2, 0.25) is 0 Å². The van der Waals surface area contributed by atoms with Crippen LogP contribution < -0.4 is 5.73 Å². The van der Waals surface area contributed by atoms with Crippen LogP contribution in [0.4, 0.5) is 0 Å². The zero-order chi connectivity index (χ0) is 27.7. The lowest BCUT2D eigenvalue weighted by Crippen LogP contribution is -2.65. The highest BCUT2D eigenvalue weighted by atomic mass is 16.4. The molecule has 0 unspecified atom stereocenters. The fourth-order valence-corrected chi connectivity index (χ4v) is 6.10. The summed E-state index contributed by atoms with van der Waals surface area (Å²) in [6, 6.07) is 4.89. The van der Waals surface area contributed by atoms with Crippen LogP contribution in [0.3, 0.4) is 0 Å². The number of nitrogens with two attached hydrogens (primary N) is 1. The number of amides is 1. The van der Waals surface area contributed by atoms with Crippen LogP contribution in [0.15, 0.2) is 50.7 Å². The third-order valence-electron chi connectivity index (χ3n) is 7.68. The van der Waals surface area contributed by atoms with Crippen LogP contribution in [0.25, 0.3) is 17.1 Å². The van der Waals surface area contributed by atoms with Crippen LogP contribution in [-0.4, -0.2) is 80.0 Å². The third-order valence-corrected chi connectivity index (χ3v) is 7.68. The first-order valence-corrected chi connectivity index (χ1v) is 11.7. The highest BCUT2D eigenvalue weighted by Crippen LogP contribution is 2.53. The van der Waals surface area contributed by atoms with Crippen LogP contribution in [0.5, 0.6) is 5.75 Å². The van der Waals surface area contributed by atoms with Crippen molar-refractivity contribution >= 4 is 29.4 Å². The van der Waals surface area contributed by atoms with E-state index in [1.165, 1.54) is 25.1 Å². The van der Waals surface area contributed by atoms with Gasteiger partial charge in [0, 0.05) is 17.1 Å². The van der Waals surface area contributed by atoms with E-state index < -0.39 is 58.0 Å². The summed E-state index contributed by atoms with van der Waals surface area (Å²) in [5.41, 5.74) is 2.43. The first-order valence-electron chi connectivity index (χ1n) is 11.7. The molecule has 1 aromatic carbocycles. The van der Waals surface area contributed by atoms with E-state index in [1.54, 1.807) is 18.2 Å². The maximum absolute atomic E-state index is 13.8. The average molecular weight is 540 g/mol. The molecule has 0 radical (unpaired) electrons. The number of hydrogen-bond acceptors (Lipinski definition) is 11. The van der Waals surface area contributed by atoms with Crippen molar-refractivity contribution in [1.82, 2.24) is 4.90 Å². The number of Topliss-reactive ketones (excluding diaryl/α,β-unsaturated/α-hetero) is 2. The number of hydrogen-bond donors (Lipinski definition) is 6. The number of benzene rings is 1. The van der Waals surface area contributed by atoms with Crippen molar-refractivity contribution in [1.29, 1.82) is 0 Å². The molecule has 4 atom stereocenters. The van der Waals surface area contributed by atoms with Gasteiger partial charge in [-0.25, -0.2) is 0 Å². The number of aromatic hydroxyl groups is 1. The number of likely N-dealkylation sites (N-methyl/N-ethyl adjacent to an activating group) is 1. The molecule has 206 valence electrons. The molecule has 0 spiro atoms. The molecule has 1 amide bonds. The second-order valence-corrected chi connectivity index (χ2v) is 9.89. The summed E-state index contributed by atoms with van der Waals surface area (Å²) < 4.78 is 5.69. The van der Waals surface area contributed by atoms with Gasteiger partial charge in [-0.3, -0.25) is 19.3 Å². The molecule has 0 saturated heterocycles. The average Bonchev–Trinajstić information content (AvgIpc) is 3.29. The van der Waals surface area contributed by atoms with E-state index in [2.05, 4.69) is 5.16 Å². The molecule has 5 rings (SSSR count). The van der Waals surface area contributed by atoms with Crippen LogP contribution in [0.1, 0.15) is 30.7 Å². The van der Waals surface area contributed by atoms with Gasteiger partial charge in [0.15, 0.2) is 11.4 Å². The predicted molar refractivity (Wildman–Crippen MR) is 138 cm³/mol. The molecule has 39 heavy (non-hydrogen) atoms. The van der Waals surface area contributed by atoms with Crippen molar-refractivity contribution in [2.75, 3.05) is 14.1 Å². The Kier molecular flexibility index (Phi) is 6.65. The lowest BCUT2D eigenvalue weighted by molar-refractivity contribution is -0.153. The number of rotatable bonds is 4. The summed E-state index contributed by atoms with van der Waals surface area (Å²) in [6.45, 7) is 0. The predicted octanol–water partition coefficient (Wildman–Crippen LogP) is 1.67. The highest BCUT2D eigenvalue weighted by molar-refractivity contribution is 6.24. The number of oxime groups is 1. The Morgan fingerprint density at radius 2 is 1.87 bits per heavy atom. The van der Waals surface area contributed by atoms with Crippen LogP contribution >= 0.6 is 0 Å². The van der Waals surface area contributed by atoms with Gasteiger partial charge in [0.1, 0.15) is 40.6 Å². The standard InChI is InChI=1S/C26H25N3O9.CH4/c1-29(2)20-14-8-10-7-13-12(16-6-3-11(38-16)9-28-37)4-5-15(30)18(13)21(31)17(10)23(33)26(14,36)24(34)19(22(20)32)25(27)35;/h3-6,9-10,14,20,30-31,34,36-37H,7-8H2,1-2H3,(H2,27,35);1H4/b28-9+;/t10-,14-,20-,26-;/m0./s1. The molecule has 0 aliphatic heterocycles. The van der Waals surface area contributed by atoms with Gasteiger partial charge in [-0.2, -0.15) is 0 Å². The molecular formula is C27H29N3O9. The van der Waals surface area contributed by atoms with Crippen molar-refractivity contribution in [2.24, 2.45) is 22.7 Å². The summed E-state index contributed by atoms with van der Waals surface area (Å²) in [4.78, 5) is 40.5. The maximum atomic E-state index is 13.8. The van der Waals surface area contributed by atoms with Crippen molar-refractivity contribution < 1.29 is 44.4 Å². The van der Waals surface area contributed by atoms with E-state index in [4.69, 9.17) is 15.4 Å². The number of aliphatic hydroxyl groups is 3. The normalized spacial score (nSPS) is 26.4. The van der Waals surface area contributed by atoms with Crippen molar-refractivity contribution in [3.05, 3.63) is 58.1 Å². The van der Waals surface area contributed by atoms with Crippen molar-refractivity contribution in [3.63, 3.8) is 0 Å². The molecule has 2 aromatic rings. The van der Waals surface area contributed by atoms with E-state index in [-0.39, 0.29) is 42.9 Å². The summed E-state index contributed by atoms with van der Waals surface area (Å²) in [7, 11) is 3.07. The third kappa shape index (κ3) is 3.74. The number of ketones is 2. The van der Waals surface area contributed by atoms with Gasteiger partial charge in [-0.1, -0.05) is 12.6 Å². The summed E-state index contributed by atoms with van der Waals surface area (Å²) in [6.07, 6.45) is 1.18. The number of primary amides is 1. The number of furan rings is 1. The fourth-order valence-electron chi connectivity index (χ4n) is 6.10. The number of carbonyl (C=O) groups excluding carboxylic acids is 3. The van der Waals surface area contributed by atoms with Gasteiger partial charge in [-0.05, 0) is 62.7 Å². The van der Waals surface area contributed by atoms with E-state index >= 15 is 0 Å². The lowest BCUT2D eigenvalue weighted by atomic mass is 9.57. The second-order valence-electron chi connectivity index (χ2n) is 9.89. The maximum Gasteiger partial charge on any atom is 0.255 e. The minimum Gasteiger partial charge on any atom is -0.508 e. The van der Waals surface area contributed by atoms with Crippen molar-refractivity contribution in [2.45, 2.75) is 31.9 Å². The Bertz CT molecular complexity index is 1500. The van der Waals surface area contributed by atoms with E-state index in [1.807, 2.05) is 0 Å². The molecule has 1 aromatic heterocycles. The number of nitrogens with zero attached hydrogens (tertiary/aromatic N) is 2. The van der Waals surface area contributed by atoms with Gasteiger partial charge >= 0.3 is 0 Å². The Morgan fingerprint density at radius 3 is 2.49 bits per heavy atom. The number of phenolic OH excluding ortho intramolecular Hbond substituents is 1. The summed E-state index contributed by atoms with van der Waals surface area (Å²) in [5.74, 6) is -6.54. The summed E-state index contributed by atoms with van der Waals surface area (Å²) >= 11 is 0. The Labute approximate surface area is 223 Å². The molecule has 0 bridgehead atoms. The van der Waals surface area contributed by atoms with Gasteiger partial charge in [0.05, 0.1) is 11.6 Å². The fraction of sp³-hybridized carbons (Fsp3) is 0.333. The van der Waals surface area contributed by atoms with Crippen LogP contribution in [-0.2, 0) is 20.8 Å². The number of phenols is 1. The lowest BCUT2D eigenvalue weighted by Gasteiger charge is -2.50. The topological polar surface area (TPSA) is 207 Å². The Hall–Kier alpha value is -4.42. The van der Waals surface area contributed by atoms with Gasteiger partial charge in [0.2, 0.25) is 5.78 Å². The molecule has 7 N–H and O–H groups in total. The van der Waals surface area contributed by atoms with Crippen molar-refractivity contribution in [3.8, 4) is 17.1 Å². The van der Waals surface area contributed by atoms with Gasteiger partial charge in [0.25, 0.3) is 5.91 Å². The smallest absolute Gasteiger partial charge is 0.255 e. The molecule has 3 aliphatic rings. The van der Waals surface area contributed by atoms with Gasteiger partial charge in [-0.15, -0.1) is 0 Å². The minimum atomic E-state index is -2.70. The van der Waals surface area contributed by atoms with Gasteiger partial charge < -0.3 is 35.8 Å². The minimum absolute atomic E-state index is 0. The highest BCUT2D eigenvalue weighted by Gasteiger charge is 2.64. The first kappa shape index (κ1) is 27.6. The molecule has 1 heterocycles. The number of fused-ring (bicyclic) bond motifs is 3. The summed E-state index contributed by atoms with van der Waals surface area (Å²) in [5, 5.41) is 56.2. The first-order chi connectivity index (χ1) is 17.9. The SMILES string of the molecule is C.CN(C)[C@@H]1C(=O)C(C(N)=O)=C(O)[C@@]2(O)C(=O)C3=C(O)c4c(O)ccc(-c5ccc(/C=N/O)o5)c4C[C@H]3C[C@@H]12. The van der Waals surface area contributed by atoms with Crippen LogP contribution in [0, 0.1) is 11.8 Å². The molecular weight excluding hydrogens is 510 g/mol. The van der Waals surface area contributed by atoms with E-state index in [0.29, 0.717) is 16.9 Å². The Morgan fingerprint density at radius 1 is 1.18 bits per heavy atom. The molecule has 1 saturated carbocycles. The van der Waals surface area contributed by atoms with E-state index in [9.17, 15) is 34.8 Å². The molecule has 12 heteroatoms. The molecule has 1 fully saturated rings. The molecule has 3 aliphatic carbocycles. The monoisotopic (exact) mass is 539 g/mol. The number of carbonyl (C=O) groups is 3. The second kappa shape index (κ2) is 9.40. The Balaban J connectivity index is 0.00000353. The largest absolute Gasteiger partial charge is 0.508 e. The quantitative estimate of drug-likeness (QED) is 0.143.